The van der Waals surface area contributed by atoms with Crippen molar-refractivity contribution in [2.75, 3.05) is 0 Å². The molecule has 106 valence electrons. The highest BCUT2D eigenvalue weighted by molar-refractivity contribution is 5.58. The fraction of sp³-hybridized carbons (Fsp3) is 0.188. The molecule has 0 aliphatic heterocycles. The van der Waals surface area contributed by atoms with Crippen molar-refractivity contribution in [3.8, 4) is 22.8 Å². The first-order valence-corrected chi connectivity index (χ1v) is 6.68. The first-order valence-electron chi connectivity index (χ1n) is 6.68. The van der Waals surface area contributed by atoms with E-state index >= 15 is 0 Å². The molecule has 3 aromatic heterocycles. The second-order valence-electron chi connectivity index (χ2n) is 4.97. The molecule has 3 rings (SSSR count). The summed E-state index contributed by atoms with van der Waals surface area (Å²) in [7, 11) is 1.88. The zero-order valence-corrected chi connectivity index (χ0v) is 12.2. The molecule has 0 saturated heterocycles. The number of hydrogen-bond donors (Lipinski definition) is 0. The molecule has 0 fully saturated rings. The second-order valence-corrected chi connectivity index (χ2v) is 4.97. The van der Waals surface area contributed by atoms with Crippen molar-refractivity contribution >= 4 is 0 Å². The molecular weight excluding hydrogens is 264 g/mol. The third-order valence-electron chi connectivity index (χ3n) is 3.16. The lowest BCUT2D eigenvalue weighted by atomic mass is 10.2. The number of rotatable bonds is 3. The van der Waals surface area contributed by atoms with Crippen LogP contribution in [0.4, 0.5) is 0 Å². The zero-order chi connectivity index (χ0) is 14.8. The minimum Gasteiger partial charge on any atom is -0.455 e. The molecule has 0 aliphatic carbocycles. The molecule has 5 nitrogen and oxygen atoms in total. The van der Waals surface area contributed by atoms with Crippen LogP contribution < -0.4 is 4.74 Å². The predicted molar refractivity (Wildman–Crippen MR) is 80.2 cm³/mol. The minimum atomic E-state index is 0.734. The largest absolute Gasteiger partial charge is 0.455 e. The van der Waals surface area contributed by atoms with Gasteiger partial charge in [-0.15, -0.1) is 0 Å². The summed E-state index contributed by atoms with van der Waals surface area (Å²) in [6.07, 6.45) is 7.18. The van der Waals surface area contributed by atoms with Crippen LogP contribution in [0.25, 0.3) is 11.3 Å². The standard InChI is InChI=1S/C16H16N4O/c1-11-6-12(2)18-9-16(11)21-14-4-5-17-15(7-14)13-8-19-20(3)10-13/h4-10H,1-3H3. The average Bonchev–Trinajstić information content (AvgIpc) is 2.89. The summed E-state index contributed by atoms with van der Waals surface area (Å²) in [5.41, 5.74) is 3.83. The Bertz CT molecular complexity index is 779. The van der Waals surface area contributed by atoms with Gasteiger partial charge >= 0.3 is 0 Å². The quantitative estimate of drug-likeness (QED) is 0.738. The highest BCUT2D eigenvalue weighted by Crippen LogP contribution is 2.27. The SMILES string of the molecule is Cc1cc(C)c(Oc2ccnc(-c3cnn(C)c3)c2)cn1. The lowest BCUT2D eigenvalue weighted by Crippen LogP contribution is -1.92. The molecule has 5 heteroatoms. The summed E-state index contributed by atoms with van der Waals surface area (Å²) in [4.78, 5) is 8.62. The highest BCUT2D eigenvalue weighted by atomic mass is 16.5. The molecule has 0 amide bonds. The van der Waals surface area contributed by atoms with E-state index in [4.69, 9.17) is 4.74 Å². The van der Waals surface area contributed by atoms with Crippen molar-refractivity contribution in [1.29, 1.82) is 0 Å². The van der Waals surface area contributed by atoms with Crippen LogP contribution in [0.1, 0.15) is 11.3 Å². The molecule has 0 atom stereocenters. The molecule has 0 aromatic carbocycles. The number of aryl methyl sites for hydroxylation is 3. The maximum Gasteiger partial charge on any atom is 0.148 e. The molecule has 3 aromatic rings. The number of aromatic nitrogens is 4. The van der Waals surface area contributed by atoms with Crippen LogP contribution in [0, 0.1) is 13.8 Å². The molecule has 0 N–H and O–H groups in total. The molecule has 21 heavy (non-hydrogen) atoms. The summed E-state index contributed by atoms with van der Waals surface area (Å²) in [6, 6.07) is 5.73. The number of pyridine rings is 2. The van der Waals surface area contributed by atoms with Gasteiger partial charge in [-0.05, 0) is 31.5 Å². The van der Waals surface area contributed by atoms with Gasteiger partial charge < -0.3 is 4.74 Å². The van der Waals surface area contributed by atoms with Crippen LogP contribution in [0.3, 0.4) is 0 Å². The lowest BCUT2D eigenvalue weighted by Gasteiger charge is -2.09. The molecule has 0 bridgehead atoms. The second kappa shape index (κ2) is 5.36. The predicted octanol–water partition coefficient (Wildman–Crippen LogP) is 3.29. The summed E-state index contributed by atoms with van der Waals surface area (Å²) in [6.45, 7) is 3.97. The van der Waals surface area contributed by atoms with Gasteiger partial charge in [0.1, 0.15) is 11.5 Å². The molecule has 0 aliphatic rings. The Morgan fingerprint density at radius 2 is 1.95 bits per heavy atom. The van der Waals surface area contributed by atoms with E-state index in [1.54, 1.807) is 23.3 Å². The van der Waals surface area contributed by atoms with E-state index in [1.165, 1.54) is 0 Å². The number of nitrogens with zero attached hydrogens (tertiary/aromatic N) is 4. The molecule has 0 spiro atoms. The molecule has 3 heterocycles. The maximum absolute atomic E-state index is 5.90. The van der Waals surface area contributed by atoms with Crippen LogP contribution >= 0.6 is 0 Å². The molecule has 0 radical (unpaired) electrons. The highest BCUT2D eigenvalue weighted by Gasteiger charge is 2.06. The topological polar surface area (TPSA) is 52.8 Å². The Labute approximate surface area is 123 Å². The van der Waals surface area contributed by atoms with Gasteiger partial charge in [0.15, 0.2) is 0 Å². The van der Waals surface area contributed by atoms with Crippen LogP contribution in [0.15, 0.2) is 43.0 Å². The van der Waals surface area contributed by atoms with Gasteiger partial charge in [0.05, 0.1) is 18.1 Å². The fourth-order valence-electron chi connectivity index (χ4n) is 2.10. The normalized spacial score (nSPS) is 10.6. The van der Waals surface area contributed by atoms with Crippen LogP contribution in [0.5, 0.6) is 11.5 Å². The summed E-state index contributed by atoms with van der Waals surface area (Å²) >= 11 is 0. The van der Waals surface area contributed by atoms with Crippen molar-refractivity contribution in [3.63, 3.8) is 0 Å². The Hall–Kier alpha value is -2.69. The fourth-order valence-corrected chi connectivity index (χ4v) is 2.10. The van der Waals surface area contributed by atoms with Gasteiger partial charge in [0.25, 0.3) is 0 Å². The monoisotopic (exact) mass is 280 g/mol. The van der Waals surface area contributed by atoms with Crippen LogP contribution in [0.2, 0.25) is 0 Å². The first kappa shape index (κ1) is 13.3. The average molecular weight is 280 g/mol. The van der Waals surface area contributed by atoms with Crippen LogP contribution in [-0.2, 0) is 7.05 Å². The third kappa shape index (κ3) is 2.91. The lowest BCUT2D eigenvalue weighted by molar-refractivity contribution is 0.475. The van der Waals surface area contributed by atoms with Crippen LogP contribution in [-0.4, -0.2) is 19.7 Å². The summed E-state index contributed by atoms with van der Waals surface area (Å²) < 4.78 is 7.65. The van der Waals surface area contributed by atoms with Gasteiger partial charge in [-0.1, -0.05) is 0 Å². The van der Waals surface area contributed by atoms with Gasteiger partial charge in [0, 0.05) is 36.8 Å². The Balaban J connectivity index is 1.89. The first-order chi connectivity index (χ1) is 10.1. The van der Waals surface area contributed by atoms with Gasteiger partial charge in [0.2, 0.25) is 0 Å². The molecular formula is C16H16N4O. The van der Waals surface area contributed by atoms with Crippen molar-refractivity contribution in [2.45, 2.75) is 13.8 Å². The zero-order valence-electron chi connectivity index (χ0n) is 12.2. The molecule has 0 saturated carbocycles. The van der Waals surface area contributed by atoms with Crippen molar-refractivity contribution in [2.24, 2.45) is 7.05 Å². The maximum atomic E-state index is 5.90. The number of ether oxygens (including phenoxy) is 1. The number of hydrogen-bond acceptors (Lipinski definition) is 4. The van der Waals surface area contributed by atoms with Crippen molar-refractivity contribution in [3.05, 3.63) is 54.2 Å². The van der Waals surface area contributed by atoms with Gasteiger partial charge in [-0.2, -0.15) is 5.10 Å². The van der Waals surface area contributed by atoms with Gasteiger partial charge in [-0.3, -0.25) is 14.6 Å². The van der Waals surface area contributed by atoms with E-state index in [1.807, 2.05) is 45.3 Å². The Morgan fingerprint density at radius 3 is 2.67 bits per heavy atom. The van der Waals surface area contributed by atoms with Crippen molar-refractivity contribution < 1.29 is 4.74 Å². The third-order valence-corrected chi connectivity index (χ3v) is 3.16. The molecule has 0 unspecified atom stereocenters. The summed E-state index contributed by atoms with van der Waals surface area (Å²) in [5, 5.41) is 4.16. The Kier molecular flexibility index (Phi) is 3.39. The van der Waals surface area contributed by atoms with E-state index in [-0.39, 0.29) is 0 Å². The Morgan fingerprint density at radius 1 is 1.10 bits per heavy atom. The smallest absolute Gasteiger partial charge is 0.148 e. The van der Waals surface area contributed by atoms with Gasteiger partial charge in [-0.25, -0.2) is 0 Å². The van der Waals surface area contributed by atoms with E-state index in [0.717, 1.165) is 34.0 Å². The van der Waals surface area contributed by atoms with Crippen molar-refractivity contribution in [1.82, 2.24) is 19.7 Å². The van der Waals surface area contributed by atoms with E-state index in [2.05, 4.69) is 15.1 Å². The minimum absolute atomic E-state index is 0.734. The van der Waals surface area contributed by atoms with E-state index in [9.17, 15) is 0 Å². The van der Waals surface area contributed by atoms with E-state index < -0.39 is 0 Å². The summed E-state index contributed by atoms with van der Waals surface area (Å²) in [5.74, 6) is 1.49. The van der Waals surface area contributed by atoms with E-state index in [0.29, 0.717) is 0 Å².